The number of benzene rings is 8. The van der Waals surface area contributed by atoms with Crippen molar-refractivity contribution >= 4 is 89.6 Å². The van der Waals surface area contributed by atoms with Gasteiger partial charge >= 0.3 is 0 Å². The summed E-state index contributed by atoms with van der Waals surface area (Å²) in [5.41, 5.74) is 20.4. The van der Waals surface area contributed by atoms with Crippen LogP contribution in [0.15, 0.2) is 184 Å². The normalized spacial score (nSPS) is 12.9. The van der Waals surface area contributed by atoms with E-state index in [1.54, 1.807) is 113 Å². The second-order valence-corrected chi connectivity index (χ2v) is 33.6. The van der Waals surface area contributed by atoms with Crippen molar-refractivity contribution in [3.8, 4) is 79.5 Å². The van der Waals surface area contributed by atoms with Gasteiger partial charge in [0.05, 0.1) is 195 Å². The number of aliphatic hydroxyl groups excluding tert-OH is 2. The summed E-state index contributed by atoms with van der Waals surface area (Å²) in [6, 6.07) is 32.8. The van der Waals surface area contributed by atoms with Gasteiger partial charge in [-0.2, -0.15) is 20.4 Å². The van der Waals surface area contributed by atoms with Crippen LogP contribution in [0.4, 0.5) is 63.1 Å². The first-order chi connectivity index (χ1) is 65.8. The first-order valence-electron chi connectivity index (χ1n) is 44.6. The van der Waals surface area contributed by atoms with E-state index in [2.05, 4.69) is 83.5 Å². The molecule has 0 amide bonds. The van der Waals surface area contributed by atoms with Crippen LogP contribution in [0.5, 0.6) is 34.5 Å². The molecule has 16 aromatic rings. The van der Waals surface area contributed by atoms with Crippen LogP contribution in [0.1, 0.15) is 62.8 Å². The maximum Gasteiger partial charge on any atom is 0.188 e. The zero-order chi connectivity index (χ0) is 96.1. The number of halogens is 4. The molecule has 0 saturated heterocycles. The summed E-state index contributed by atoms with van der Waals surface area (Å²) >= 11 is 0. The predicted molar refractivity (Wildman–Crippen MR) is 520 cm³/mol. The number of rotatable bonds is 27. The van der Waals surface area contributed by atoms with Gasteiger partial charge in [-0.3, -0.25) is 43.6 Å². The Morgan fingerprint density at radius 2 is 0.809 bits per heavy atom. The van der Waals surface area contributed by atoms with Gasteiger partial charge in [0.2, 0.25) is 0 Å². The third kappa shape index (κ3) is 21.5. The average molecular weight is 1850 g/mol. The van der Waals surface area contributed by atoms with Crippen LogP contribution in [0.25, 0.3) is 89.2 Å². The van der Waals surface area contributed by atoms with Gasteiger partial charge in [0.1, 0.15) is 11.5 Å². The molecule has 0 saturated carbocycles. The number of methoxy groups -OCH3 is 6. The maximum atomic E-state index is 15.6. The molecule has 2 aliphatic rings. The summed E-state index contributed by atoms with van der Waals surface area (Å²) in [4.78, 5) is 50.3. The molecule has 0 unspecified atom stereocenters. The average Bonchev–Trinajstić information content (AvgIpc) is 0.779. The van der Waals surface area contributed by atoms with E-state index in [1.165, 1.54) is 46.6 Å². The minimum atomic E-state index is -0.459. The monoisotopic (exact) mass is 1850 g/mol. The van der Waals surface area contributed by atoms with Crippen LogP contribution < -0.4 is 58.7 Å². The summed E-state index contributed by atoms with van der Waals surface area (Å²) in [6.07, 6.45) is 23.3. The maximum absolute atomic E-state index is 15.6. The molecule has 32 nitrogen and oxygen atoms in total. The van der Waals surface area contributed by atoms with Crippen LogP contribution >= 0.6 is 0 Å². The third-order valence-corrected chi connectivity index (χ3v) is 23.6. The van der Waals surface area contributed by atoms with Gasteiger partial charge in [-0.25, -0.2) is 37.5 Å². The second kappa shape index (κ2) is 43.2. The molecule has 0 fully saturated rings. The van der Waals surface area contributed by atoms with Crippen molar-refractivity contribution in [1.29, 1.82) is 0 Å². The highest BCUT2D eigenvalue weighted by Gasteiger charge is 2.31. The molecule has 708 valence electrons. The van der Waals surface area contributed by atoms with E-state index in [-0.39, 0.29) is 36.2 Å². The van der Waals surface area contributed by atoms with Crippen molar-refractivity contribution < 1.29 is 56.2 Å². The molecular weight excluding hydrogens is 1740 g/mol. The van der Waals surface area contributed by atoms with Crippen molar-refractivity contribution in [2.75, 3.05) is 129 Å². The molecule has 0 spiro atoms. The Hall–Kier alpha value is -14.6. The standard InChI is InChI=1S/C27H31FN6O2.C26H31FN6O2.C24H25FN6O2.C23H25FN6O2/c1-17(2)33-8-5-9-34(24-10-18(16-35)11-25(36-4)26(24)28)23-7-6-21-27(20(23)15-33)31-22(13-29-21)19-12-30-32(3)14-19;1-17(2)28-9-6-10-33(24-12-20(34-4)13-25(35-5)26(24)27)19-7-8-21-22(11-19)31-23(15-29-21)18-14-30-32(3)16-18;1-29-6-7-31(21-8-15(14-32)9-22(33-3)23(21)25)20-5-4-18-24(17(20)13-29)28-19(11-26-18)16-10-27-30(2)12-16;1-25-7-8-30(21-10-17(31-3)11-22(32-4)23(21)24)16-5-6-18-19(9-16)28-20(13-26-18)15-12-27-29(2)14-15/h6-7,10-14,17,35H,5,8-9,15-16H2,1-4H3;7-8,11-17,28H,6,9-10H2,1-5H3;4-5,8-12,32H,6-7,13-14H2,1-3H3;5-6,9-14,25H,7-8H2,1-4H3. The van der Waals surface area contributed by atoms with Crippen molar-refractivity contribution in [2.24, 2.45) is 28.2 Å². The lowest BCUT2D eigenvalue weighted by Gasteiger charge is -2.35. The van der Waals surface area contributed by atoms with Gasteiger partial charge in [-0.15, -0.1) is 0 Å². The first-order valence-corrected chi connectivity index (χ1v) is 44.6. The van der Waals surface area contributed by atoms with E-state index in [4.69, 9.17) is 53.3 Å². The van der Waals surface area contributed by atoms with Crippen molar-refractivity contribution in [1.82, 2.24) is 99.4 Å². The Bertz CT molecular complexity index is 6910. The lowest BCUT2D eigenvalue weighted by Crippen LogP contribution is -2.36. The number of aliphatic hydroxyl groups is 2. The van der Waals surface area contributed by atoms with Crippen molar-refractivity contribution in [2.45, 2.75) is 78.9 Å². The number of likely N-dealkylation sites (N-methyl/N-ethyl adjacent to an activating group) is 2. The van der Waals surface area contributed by atoms with Crippen LogP contribution in [0.3, 0.4) is 0 Å². The molecule has 8 aromatic heterocycles. The van der Waals surface area contributed by atoms with Crippen LogP contribution in [-0.4, -0.2) is 220 Å². The molecular formula is C100H112F4N24O8. The number of aromatic nitrogens is 16. The number of ether oxygens (including phenoxy) is 6. The molecule has 136 heavy (non-hydrogen) atoms. The number of hydrogen-bond donors (Lipinski definition) is 4. The van der Waals surface area contributed by atoms with Gasteiger partial charge < -0.3 is 73.8 Å². The number of aryl methyl sites for hydroxylation is 4. The molecule has 10 heterocycles. The van der Waals surface area contributed by atoms with Gasteiger partial charge in [-0.1, -0.05) is 13.8 Å². The molecule has 8 aromatic carbocycles. The molecule has 0 radical (unpaired) electrons. The molecule has 0 aliphatic carbocycles. The molecule has 0 atom stereocenters. The predicted octanol–water partition coefficient (Wildman–Crippen LogP) is 15.9. The van der Waals surface area contributed by atoms with Gasteiger partial charge in [0.15, 0.2) is 46.3 Å². The number of nitrogens with zero attached hydrogens (tertiary/aromatic N) is 22. The molecule has 36 heteroatoms. The highest BCUT2D eigenvalue weighted by Crippen LogP contribution is 2.45. The quantitative estimate of drug-likeness (QED) is 0.0274. The lowest BCUT2D eigenvalue weighted by molar-refractivity contribution is 0.210. The van der Waals surface area contributed by atoms with Crippen molar-refractivity contribution in [3.05, 3.63) is 229 Å². The Labute approximate surface area is 785 Å². The number of hydrogen-bond acceptors (Lipinski definition) is 28. The van der Waals surface area contributed by atoms with Gasteiger partial charge in [-0.05, 0) is 143 Å². The Morgan fingerprint density at radius 1 is 0.404 bits per heavy atom. The van der Waals surface area contributed by atoms with Crippen LogP contribution in [0, 0.1) is 23.3 Å². The fourth-order valence-electron chi connectivity index (χ4n) is 16.5. The minimum absolute atomic E-state index is 0.107. The minimum Gasteiger partial charge on any atom is -0.497 e. The smallest absolute Gasteiger partial charge is 0.188 e. The van der Waals surface area contributed by atoms with Gasteiger partial charge in [0, 0.05) is 204 Å². The zero-order valence-corrected chi connectivity index (χ0v) is 79.1. The van der Waals surface area contributed by atoms with E-state index in [1.807, 2.05) is 147 Å². The second-order valence-electron chi connectivity index (χ2n) is 33.6. The first kappa shape index (κ1) is 96.0. The molecule has 18 rings (SSSR count). The molecule has 4 N–H and O–H groups in total. The molecule has 0 bridgehead atoms. The largest absolute Gasteiger partial charge is 0.497 e. The Balaban J connectivity index is 0.000000138. The number of anilines is 8. The number of fused-ring (bicyclic) bond motifs is 8. The third-order valence-electron chi connectivity index (χ3n) is 23.6. The highest BCUT2D eigenvalue weighted by molar-refractivity contribution is 5.91. The Kier molecular flexibility index (Phi) is 30.5. The lowest BCUT2D eigenvalue weighted by atomic mass is 10.0. The van der Waals surface area contributed by atoms with E-state index in [9.17, 15) is 10.2 Å². The fourth-order valence-corrected chi connectivity index (χ4v) is 16.5. The Morgan fingerprint density at radius 3 is 1.21 bits per heavy atom. The summed E-state index contributed by atoms with van der Waals surface area (Å²) in [7, 11) is 20.2. The van der Waals surface area contributed by atoms with Gasteiger partial charge in [0.25, 0.3) is 0 Å². The topological polar surface area (TPSA) is 314 Å². The fraction of sp³-hybridized carbons (Fsp3) is 0.320. The summed E-state index contributed by atoms with van der Waals surface area (Å²) in [6.45, 7) is 14.8. The van der Waals surface area contributed by atoms with E-state index in [0.717, 1.165) is 144 Å². The van der Waals surface area contributed by atoms with E-state index in [0.29, 0.717) is 114 Å². The highest BCUT2D eigenvalue weighted by atomic mass is 19.1. The molecule has 2 aliphatic heterocycles. The van der Waals surface area contributed by atoms with Crippen molar-refractivity contribution in [3.63, 3.8) is 0 Å². The SMILES string of the molecule is CNCCN(c1ccc2ncc(-c3cnn(C)c3)nc2c1)c1cc(OC)cc(OC)c1F.COc1cc(CO)cc(N2CCCN(C(C)C)Cc3c2ccc2ncc(-c4cnn(C)c4)nc32)c1F.COc1cc(CO)cc(N2CCN(C)Cc3c2ccc2ncc(-c4cnn(C)c4)nc32)c1F.COc1cc(OC)c(F)c(N(CCCNC(C)C)c2ccc3ncc(-c4cnn(C)c4)nc3c2)c1. The van der Waals surface area contributed by atoms with Crippen LogP contribution in [0.2, 0.25) is 0 Å². The summed E-state index contributed by atoms with van der Waals surface area (Å²) in [5.74, 6) is -0.316. The summed E-state index contributed by atoms with van der Waals surface area (Å²) in [5, 5.41) is 43.0. The van der Waals surface area contributed by atoms with Crippen LogP contribution in [-0.2, 0) is 54.5 Å². The zero-order valence-electron chi connectivity index (χ0n) is 79.1. The number of nitrogens with one attached hydrogen (secondary N) is 2. The summed E-state index contributed by atoms with van der Waals surface area (Å²) < 4.78 is 101. The van der Waals surface area contributed by atoms with E-state index < -0.39 is 23.3 Å². The van der Waals surface area contributed by atoms with E-state index >= 15 is 17.6 Å².